The van der Waals surface area contributed by atoms with E-state index >= 15 is 0 Å². The Morgan fingerprint density at radius 1 is 1.03 bits per heavy atom. The molecule has 0 spiro atoms. The molecule has 0 aliphatic carbocycles. The van der Waals surface area contributed by atoms with Crippen molar-refractivity contribution < 1.29 is 9.13 Å². The number of benzene rings is 1. The number of nitrogens with zero attached hydrogens (tertiary/aromatic N) is 7. The molecule has 0 saturated heterocycles. The van der Waals surface area contributed by atoms with Gasteiger partial charge in [0.05, 0.1) is 46.5 Å². The fourth-order valence-corrected chi connectivity index (χ4v) is 4.38. The highest BCUT2D eigenvalue weighted by Gasteiger charge is 2.18. The van der Waals surface area contributed by atoms with Gasteiger partial charge < -0.3 is 19.2 Å². The van der Waals surface area contributed by atoms with Gasteiger partial charge in [0.15, 0.2) is 5.82 Å². The lowest BCUT2D eigenvalue weighted by atomic mass is 10.1. The topological polar surface area (TPSA) is 113 Å². The molecule has 0 aliphatic rings. The molecule has 1 aromatic carbocycles. The number of aromatic nitrogens is 8. The molecule has 5 aromatic heterocycles. The zero-order chi connectivity index (χ0) is 26.4. The van der Waals surface area contributed by atoms with Gasteiger partial charge in [-0.25, -0.2) is 14.4 Å². The largest absolute Gasteiger partial charge is 0.492 e. The van der Waals surface area contributed by atoms with Gasteiger partial charge in [-0.2, -0.15) is 5.10 Å². The average Bonchev–Trinajstić information content (AvgIpc) is 3.59. The van der Waals surface area contributed by atoms with Gasteiger partial charge in [0.25, 0.3) is 0 Å². The highest BCUT2D eigenvalue weighted by atomic mass is 19.1. The van der Waals surface area contributed by atoms with Gasteiger partial charge in [-0.3, -0.25) is 15.1 Å². The first-order chi connectivity index (χ1) is 18.4. The molecule has 0 atom stereocenters. The molecule has 0 saturated carbocycles. The van der Waals surface area contributed by atoms with Gasteiger partial charge in [0, 0.05) is 36.8 Å². The highest BCUT2D eigenvalue weighted by Crippen LogP contribution is 2.33. The van der Waals surface area contributed by atoms with Gasteiger partial charge in [-0.1, -0.05) is 0 Å². The molecule has 0 fully saturated rings. The number of aryl methyl sites for hydroxylation is 1. The smallest absolute Gasteiger partial charge is 0.159 e. The van der Waals surface area contributed by atoms with Crippen molar-refractivity contribution in [2.45, 2.75) is 6.92 Å². The third-order valence-corrected chi connectivity index (χ3v) is 6.54. The number of rotatable bonds is 7. The first-order valence-corrected chi connectivity index (χ1v) is 12.1. The number of pyridine rings is 2. The summed E-state index contributed by atoms with van der Waals surface area (Å²) < 4.78 is 22.3. The summed E-state index contributed by atoms with van der Waals surface area (Å²) in [6.07, 6.45) is 6.94. The maximum Gasteiger partial charge on any atom is 0.159 e. The van der Waals surface area contributed by atoms with E-state index in [2.05, 4.69) is 30.1 Å². The lowest BCUT2D eigenvalue weighted by molar-refractivity contribution is 0.260. The molecule has 192 valence electrons. The van der Waals surface area contributed by atoms with E-state index in [4.69, 9.17) is 9.72 Å². The fourth-order valence-electron chi connectivity index (χ4n) is 4.38. The second-order valence-electron chi connectivity index (χ2n) is 9.43. The molecule has 0 amide bonds. The van der Waals surface area contributed by atoms with Gasteiger partial charge in [0.2, 0.25) is 0 Å². The van der Waals surface area contributed by atoms with Crippen LogP contribution in [0.15, 0.2) is 49.1 Å². The summed E-state index contributed by atoms with van der Waals surface area (Å²) in [7, 11) is 5.88. The normalized spacial score (nSPS) is 11.7. The average molecular weight is 512 g/mol. The summed E-state index contributed by atoms with van der Waals surface area (Å²) in [5, 5.41) is 8.42. The summed E-state index contributed by atoms with van der Waals surface area (Å²) in [6.45, 7) is 3.12. The fraction of sp³-hybridized carbons (Fsp3) is 0.222. The molecule has 5 heterocycles. The number of halogens is 1. The predicted octanol–water partition coefficient (Wildman–Crippen LogP) is 4.35. The number of fused-ring (bicyclic) bond motifs is 2. The molecule has 38 heavy (non-hydrogen) atoms. The summed E-state index contributed by atoms with van der Waals surface area (Å²) in [5.74, 6) is 1.53. The number of ether oxygens (including phenoxy) is 1. The van der Waals surface area contributed by atoms with Crippen LogP contribution in [0.25, 0.3) is 56.0 Å². The monoisotopic (exact) mass is 511 g/mol. The Hall–Kier alpha value is -4.64. The minimum Gasteiger partial charge on any atom is -0.492 e. The zero-order valence-electron chi connectivity index (χ0n) is 21.4. The van der Waals surface area contributed by atoms with Crippen molar-refractivity contribution in [2.75, 3.05) is 27.2 Å². The Morgan fingerprint density at radius 2 is 1.89 bits per heavy atom. The molecule has 6 aromatic rings. The van der Waals surface area contributed by atoms with Crippen LogP contribution in [0.3, 0.4) is 0 Å². The maximum atomic E-state index is 14.5. The number of likely N-dealkylation sites (N-methyl/N-ethyl adjacent to an activating group) is 1. The maximum absolute atomic E-state index is 14.5. The van der Waals surface area contributed by atoms with Crippen molar-refractivity contribution in [3.05, 3.63) is 60.7 Å². The Balaban J connectivity index is 1.41. The molecule has 0 unspecified atom stereocenters. The Labute approximate surface area is 217 Å². The van der Waals surface area contributed by atoms with Crippen LogP contribution < -0.4 is 4.74 Å². The molecule has 6 rings (SSSR count). The quantitative estimate of drug-likeness (QED) is 0.328. The SMILES string of the molecule is Cc1ncc(-c2cc3c(-c4nc5c(-c6cc(F)cc(OCCN(C)C)c6)cncc5[nH]4)n[nH]c3cn2)n1C. The van der Waals surface area contributed by atoms with Crippen LogP contribution in [0, 0.1) is 12.7 Å². The van der Waals surface area contributed by atoms with E-state index in [1.807, 2.05) is 43.6 Å². The predicted molar refractivity (Wildman–Crippen MR) is 143 cm³/mol. The van der Waals surface area contributed by atoms with E-state index in [0.29, 0.717) is 46.0 Å². The van der Waals surface area contributed by atoms with Crippen LogP contribution >= 0.6 is 0 Å². The molecule has 0 radical (unpaired) electrons. The number of hydrogen-bond donors (Lipinski definition) is 2. The molecular weight excluding hydrogens is 485 g/mol. The first kappa shape index (κ1) is 23.7. The lowest BCUT2D eigenvalue weighted by Gasteiger charge is -2.12. The van der Waals surface area contributed by atoms with E-state index in [1.165, 1.54) is 12.1 Å². The van der Waals surface area contributed by atoms with Crippen LogP contribution in [0.2, 0.25) is 0 Å². The third kappa shape index (κ3) is 4.26. The molecule has 0 aliphatic heterocycles. The van der Waals surface area contributed by atoms with Crippen LogP contribution in [-0.2, 0) is 7.05 Å². The van der Waals surface area contributed by atoms with Gasteiger partial charge in [-0.05, 0) is 44.8 Å². The number of hydrogen-bond acceptors (Lipinski definition) is 7. The van der Waals surface area contributed by atoms with Crippen molar-refractivity contribution in [2.24, 2.45) is 7.05 Å². The minimum absolute atomic E-state index is 0.390. The summed E-state index contributed by atoms with van der Waals surface area (Å²) >= 11 is 0. The van der Waals surface area contributed by atoms with Crippen molar-refractivity contribution in [1.29, 1.82) is 0 Å². The third-order valence-electron chi connectivity index (χ3n) is 6.54. The second kappa shape index (κ2) is 9.34. The first-order valence-electron chi connectivity index (χ1n) is 12.1. The van der Waals surface area contributed by atoms with Crippen LogP contribution in [0.1, 0.15) is 5.82 Å². The Morgan fingerprint density at radius 3 is 2.68 bits per heavy atom. The van der Waals surface area contributed by atoms with E-state index in [-0.39, 0.29) is 5.82 Å². The van der Waals surface area contributed by atoms with E-state index in [9.17, 15) is 4.39 Å². The zero-order valence-corrected chi connectivity index (χ0v) is 21.4. The van der Waals surface area contributed by atoms with E-state index in [0.717, 1.165) is 34.7 Å². The molecular formula is C27H26FN9O. The number of H-pyrrole nitrogens is 2. The Kier molecular flexibility index (Phi) is 5.84. The highest BCUT2D eigenvalue weighted by molar-refractivity contribution is 5.97. The van der Waals surface area contributed by atoms with Crippen molar-refractivity contribution >= 4 is 21.9 Å². The summed E-state index contributed by atoms with van der Waals surface area (Å²) in [4.78, 5) is 23.5. The molecule has 2 N–H and O–H groups in total. The van der Waals surface area contributed by atoms with E-state index < -0.39 is 0 Å². The van der Waals surface area contributed by atoms with Gasteiger partial charge >= 0.3 is 0 Å². The standard InChI is InChI=1S/C27H26FN9O/c1-15-30-14-24(37(15)4)21-10-19-22(13-31-21)34-35-26(19)27-32-23-12-29-11-20(25(23)33-27)16-7-17(28)9-18(8-16)38-6-5-36(2)3/h7-14H,5-6H2,1-4H3,(H,32,33)(H,34,35). The number of aromatic amines is 2. The van der Waals surface area contributed by atoms with Gasteiger partial charge in [-0.15, -0.1) is 0 Å². The molecule has 10 nitrogen and oxygen atoms in total. The van der Waals surface area contributed by atoms with Gasteiger partial charge in [0.1, 0.15) is 29.7 Å². The molecule has 0 bridgehead atoms. The summed E-state index contributed by atoms with van der Waals surface area (Å²) in [6, 6.07) is 6.62. The van der Waals surface area contributed by atoms with E-state index in [1.54, 1.807) is 30.9 Å². The summed E-state index contributed by atoms with van der Waals surface area (Å²) in [5.41, 5.74) is 5.81. The lowest BCUT2D eigenvalue weighted by Crippen LogP contribution is -2.19. The van der Waals surface area contributed by atoms with Crippen LogP contribution in [-0.4, -0.2) is 71.8 Å². The molecule has 11 heteroatoms. The van der Waals surface area contributed by atoms with Crippen molar-refractivity contribution in [1.82, 2.24) is 44.6 Å². The van der Waals surface area contributed by atoms with Crippen LogP contribution in [0.5, 0.6) is 5.75 Å². The number of imidazole rings is 2. The van der Waals surface area contributed by atoms with Crippen LogP contribution in [0.4, 0.5) is 4.39 Å². The minimum atomic E-state index is -0.390. The Bertz CT molecular complexity index is 1780. The second-order valence-corrected chi connectivity index (χ2v) is 9.43. The van der Waals surface area contributed by atoms with Crippen molar-refractivity contribution in [3.8, 4) is 39.8 Å². The number of nitrogens with one attached hydrogen (secondary N) is 2. The van der Waals surface area contributed by atoms with Crippen molar-refractivity contribution in [3.63, 3.8) is 0 Å².